The number of hydrogen-bond acceptors (Lipinski definition) is 5. The van der Waals surface area contributed by atoms with E-state index in [1.807, 2.05) is 66.9 Å². The molecule has 2 heterocycles. The molecule has 0 radical (unpaired) electrons. The molecule has 7 heteroatoms. The Morgan fingerprint density at radius 1 is 1.09 bits per heavy atom. The summed E-state index contributed by atoms with van der Waals surface area (Å²) in [7, 11) is 0. The summed E-state index contributed by atoms with van der Waals surface area (Å²) in [4.78, 5) is 29.6. The van der Waals surface area contributed by atoms with Gasteiger partial charge in [-0.15, -0.1) is 0 Å². The van der Waals surface area contributed by atoms with E-state index < -0.39 is 0 Å². The fourth-order valence-corrected chi connectivity index (χ4v) is 4.66. The summed E-state index contributed by atoms with van der Waals surface area (Å²) < 4.78 is 8.27. The van der Waals surface area contributed by atoms with Crippen LogP contribution in [-0.2, 0) is 16.1 Å². The Morgan fingerprint density at radius 3 is 2.62 bits per heavy atom. The van der Waals surface area contributed by atoms with Gasteiger partial charge in [0, 0.05) is 24.4 Å². The van der Waals surface area contributed by atoms with Gasteiger partial charge in [-0.3, -0.25) is 4.79 Å². The highest BCUT2D eigenvalue weighted by molar-refractivity contribution is 7.22. The third-order valence-electron chi connectivity index (χ3n) is 5.28. The lowest BCUT2D eigenvalue weighted by Gasteiger charge is -2.12. The van der Waals surface area contributed by atoms with Crippen LogP contribution in [0.15, 0.2) is 54.6 Å². The number of thiazole rings is 1. The topological polar surface area (TPSA) is 73.2 Å². The fraction of sp³-hybridized carbons (Fsp3) is 0.240. The molecule has 0 bridgehead atoms. The number of aryl methyl sites for hydroxylation is 1. The van der Waals surface area contributed by atoms with Gasteiger partial charge >= 0.3 is 5.97 Å². The summed E-state index contributed by atoms with van der Waals surface area (Å²) >= 11 is 1.47. The minimum Gasteiger partial charge on any atom is -0.462 e. The average molecular weight is 448 g/mol. The second-order valence-corrected chi connectivity index (χ2v) is 8.59. The number of amides is 1. The van der Waals surface area contributed by atoms with Gasteiger partial charge in [-0.05, 0) is 50.1 Å². The lowest BCUT2D eigenvalue weighted by Crippen LogP contribution is -2.15. The zero-order valence-corrected chi connectivity index (χ0v) is 19.2. The zero-order valence-electron chi connectivity index (χ0n) is 18.3. The van der Waals surface area contributed by atoms with E-state index in [9.17, 15) is 9.59 Å². The molecule has 0 fully saturated rings. The number of hydrogen-bond donors (Lipinski definition) is 1. The van der Waals surface area contributed by atoms with E-state index in [4.69, 9.17) is 4.74 Å². The molecule has 0 atom stereocenters. The molecule has 0 aliphatic heterocycles. The van der Waals surface area contributed by atoms with Crippen molar-refractivity contribution in [2.24, 2.45) is 0 Å². The molecule has 1 N–H and O–H groups in total. The van der Waals surface area contributed by atoms with Gasteiger partial charge < -0.3 is 14.6 Å². The van der Waals surface area contributed by atoms with Crippen LogP contribution in [0.3, 0.4) is 0 Å². The number of esters is 1. The van der Waals surface area contributed by atoms with Gasteiger partial charge in [0.25, 0.3) is 0 Å². The normalized spacial score (nSPS) is 11.0. The van der Waals surface area contributed by atoms with Crippen LogP contribution in [0.1, 0.15) is 35.0 Å². The summed E-state index contributed by atoms with van der Waals surface area (Å²) in [6.45, 7) is 6.45. The Kier molecular flexibility index (Phi) is 6.37. The summed E-state index contributed by atoms with van der Waals surface area (Å²) in [6, 6.07) is 17.7. The Labute approximate surface area is 190 Å². The number of nitrogens with one attached hydrogen (secondary N) is 1. The van der Waals surface area contributed by atoms with Gasteiger partial charge in [-0.25, -0.2) is 9.78 Å². The molecule has 32 heavy (non-hydrogen) atoms. The van der Waals surface area contributed by atoms with E-state index in [2.05, 4.69) is 16.4 Å². The summed E-state index contributed by atoms with van der Waals surface area (Å²) in [6.07, 6.45) is 0.257. The van der Waals surface area contributed by atoms with Crippen LogP contribution in [-0.4, -0.2) is 28.0 Å². The molecule has 0 spiro atoms. The van der Waals surface area contributed by atoms with Crippen molar-refractivity contribution in [3.8, 4) is 11.3 Å². The van der Waals surface area contributed by atoms with E-state index in [0.717, 1.165) is 32.7 Å². The number of carbonyl (C=O) groups excluding carboxylic acids is 2. The van der Waals surface area contributed by atoms with Crippen molar-refractivity contribution in [2.75, 3.05) is 11.9 Å². The molecular weight excluding hydrogens is 422 g/mol. The van der Waals surface area contributed by atoms with E-state index in [-0.39, 0.29) is 18.3 Å². The number of benzene rings is 2. The van der Waals surface area contributed by atoms with E-state index >= 15 is 0 Å². The first-order valence-electron chi connectivity index (χ1n) is 10.6. The number of aromatic nitrogens is 2. The van der Waals surface area contributed by atoms with Crippen molar-refractivity contribution in [1.82, 2.24) is 9.55 Å². The molecule has 0 saturated heterocycles. The number of fused-ring (bicyclic) bond motifs is 1. The monoisotopic (exact) mass is 447 g/mol. The maximum absolute atomic E-state index is 12.7. The second kappa shape index (κ2) is 9.36. The Hall–Kier alpha value is -3.45. The molecule has 4 rings (SSSR count). The number of anilines is 1. The van der Waals surface area contributed by atoms with Crippen LogP contribution in [0.25, 0.3) is 21.5 Å². The molecule has 2 aromatic heterocycles. The van der Waals surface area contributed by atoms with Crippen molar-refractivity contribution >= 4 is 38.6 Å². The van der Waals surface area contributed by atoms with Gasteiger partial charge in [0.05, 0.1) is 22.4 Å². The fourth-order valence-electron chi connectivity index (χ4n) is 3.68. The average Bonchev–Trinajstić information content (AvgIpc) is 3.32. The Bertz CT molecular complexity index is 1270. The van der Waals surface area contributed by atoms with Gasteiger partial charge in [0.15, 0.2) is 5.13 Å². The highest BCUT2D eigenvalue weighted by Gasteiger charge is 2.20. The number of nitrogens with zero attached hydrogens (tertiary/aromatic N) is 2. The Balaban J connectivity index is 1.54. The van der Waals surface area contributed by atoms with Gasteiger partial charge in [-0.1, -0.05) is 47.7 Å². The minimum absolute atomic E-state index is 0.120. The predicted molar refractivity (Wildman–Crippen MR) is 128 cm³/mol. The van der Waals surface area contributed by atoms with Crippen molar-refractivity contribution in [3.05, 3.63) is 71.4 Å². The minimum atomic E-state index is -0.352. The highest BCUT2D eigenvalue weighted by atomic mass is 32.1. The summed E-state index contributed by atoms with van der Waals surface area (Å²) in [5, 5.41) is 3.51. The van der Waals surface area contributed by atoms with Crippen molar-refractivity contribution < 1.29 is 14.3 Å². The van der Waals surface area contributed by atoms with Gasteiger partial charge in [0.2, 0.25) is 5.91 Å². The van der Waals surface area contributed by atoms with Crippen LogP contribution in [0.5, 0.6) is 0 Å². The largest absolute Gasteiger partial charge is 0.462 e. The second-order valence-electron chi connectivity index (χ2n) is 7.56. The van der Waals surface area contributed by atoms with Crippen LogP contribution in [0.4, 0.5) is 5.13 Å². The highest BCUT2D eigenvalue weighted by Crippen LogP contribution is 2.28. The first kappa shape index (κ1) is 21.8. The number of ether oxygens (including phenoxy) is 1. The van der Waals surface area contributed by atoms with E-state index in [1.165, 1.54) is 11.3 Å². The molecule has 1 amide bonds. The molecule has 6 nitrogen and oxygen atoms in total. The van der Waals surface area contributed by atoms with Crippen molar-refractivity contribution in [3.63, 3.8) is 0 Å². The SMILES string of the molecule is CCOC(=O)c1cc(-c2ccccc2)n(CCC(=O)Nc2nc3ccc(C)cc3s2)c1C. The smallest absolute Gasteiger partial charge is 0.339 e. The lowest BCUT2D eigenvalue weighted by molar-refractivity contribution is -0.116. The van der Waals surface area contributed by atoms with Crippen LogP contribution < -0.4 is 5.32 Å². The molecule has 4 aromatic rings. The molecule has 164 valence electrons. The van der Waals surface area contributed by atoms with Crippen LogP contribution >= 0.6 is 11.3 Å². The molecule has 0 aliphatic carbocycles. The Morgan fingerprint density at radius 2 is 1.88 bits per heavy atom. The maximum atomic E-state index is 12.7. The standard InChI is InChI=1S/C25H25N3O3S/c1-4-31-24(30)19-15-21(18-8-6-5-7-9-18)28(17(19)3)13-12-23(29)27-25-26-20-11-10-16(2)14-22(20)32-25/h5-11,14-15H,4,12-13H2,1-3H3,(H,26,27,29). The first-order chi connectivity index (χ1) is 15.5. The first-order valence-corrected chi connectivity index (χ1v) is 11.4. The van der Waals surface area contributed by atoms with Gasteiger partial charge in [0.1, 0.15) is 0 Å². The molecule has 0 unspecified atom stereocenters. The van der Waals surface area contributed by atoms with Crippen molar-refractivity contribution in [1.29, 1.82) is 0 Å². The van der Waals surface area contributed by atoms with Crippen LogP contribution in [0, 0.1) is 13.8 Å². The van der Waals surface area contributed by atoms with Crippen LogP contribution in [0.2, 0.25) is 0 Å². The molecular formula is C25H25N3O3S. The quantitative estimate of drug-likeness (QED) is 0.375. The van der Waals surface area contributed by atoms with Crippen molar-refractivity contribution in [2.45, 2.75) is 33.7 Å². The summed E-state index contributed by atoms with van der Waals surface area (Å²) in [5.41, 5.74) is 5.20. The number of rotatable bonds is 7. The van der Waals surface area contributed by atoms with Gasteiger partial charge in [-0.2, -0.15) is 0 Å². The number of carbonyl (C=O) groups is 2. The predicted octanol–water partition coefficient (Wildman–Crippen LogP) is 5.59. The lowest BCUT2D eigenvalue weighted by atomic mass is 10.1. The van der Waals surface area contributed by atoms with E-state index in [0.29, 0.717) is 23.8 Å². The van der Waals surface area contributed by atoms with E-state index in [1.54, 1.807) is 6.92 Å². The molecule has 0 saturated carbocycles. The zero-order chi connectivity index (χ0) is 22.7. The third-order valence-corrected chi connectivity index (χ3v) is 6.22. The molecule has 2 aromatic carbocycles. The maximum Gasteiger partial charge on any atom is 0.339 e. The summed E-state index contributed by atoms with van der Waals surface area (Å²) in [5.74, 6) is -0.472. The third kappa shape index (κ3) is 4.57. The molecule has 0 aliphatic rings.